The smallest absolute Gasteiger partial charge is 0.247 e. The van der Waals surface area contributed by atoms with Crippen molar-refractivity contribution in [2.45, 2.75) is 90.4 Å². The molecule has 0 bridgehead atoms. The van der Waals surface area contributed by atoms with Crippen LogP contribution in [0.4, 0.5) is 11.4 Å². The molecule has 7 heterocycles. The van der Waals surface area contributed by atoms with E-state index in [2.05, 4.69) is 31.6 Å². The number of rotatable bonds is 8. The number of carbonyl (C=O) groups excluding carboxylic acids is 3. The molecule has 0 unspecified atom stereocenters. The van der Waals surface area contributed by atoms with Gasteiger partial charge in [0.2, 0.25) is 17.7 Å². The highest BCUT2D eigenvalue weighted by atomic mass is 32.2. The van der Waals surface area contributed by atoms with Crippen molar-refractivity contribution in [2.75, 3.05) is 33.6 Å². The lowest BCUT2D eigenvalue weighted by atomic mass is 10.0. The molecule has 0 radical (unpaired) electrons. The zero-order valence-corrected chi connectivity index (χ0v) is 34.8. The number of hydrogen-bond acceptors (Lipinski definition) is 13. The molecule has 4 atom stereocenters. The summed E-state index contributed by atoms with van der Waals surface area (Å²) in [6.45, 7) is 7.43. The first-order valence-electron chi connectivity index (χ1n) is 19.6. The number of hydrogen-bond donors (Lipinski definition) is 4. The van der Waals surface area contributed by atoms with Crippen molar-refractivity contribution < 1.29 is 40.3 Å². The molecule has 9 rings (SSSR count). The topological polar surface area (TPSA) is 237 Å². The van der Waals surface area contributed by atoms with Gasteiger partial charge in [-0.05, 0) is 88.8 Å². The Labute approximate surface area is 340 Å². The predicted octanol–water partition coefficient (Wildman–Crippen LogP) is 4.39. The minimum Gasteiger partial charge on any atom is -0.380 e. The summed E-state index contributed by atoms with van der Waals surface area (Å²) in [5.41, 5.74) is 7.92. The maximum Gasteiger partial charge on any atom is 0.247 e. The molecule has 17 nitrogen and oxygen atoms in total. The SMILES string of the molecule is Cc1noc(C)c1-c1ccc(N[C@H]2CCS(=O)(=O)C2)c(NC(=O)[C@@H]2CCC(=O)N2)c1.Cc1noc(C)c1-c1ccc2c(c1)nc([C@@H]1CCC(=O)N1)n2[C@H]1CCS(=O)(=O)C1. The summed E-state index contributed by atoms with van der Waals surface area (Å²) in [6.07, 6.45) is 2.96. The summed E-state index contributed by atoms with van der Waals surface area (Å²) in [5.74, 6) is 2.20. The standard InChI is InChI=1S/C20H24N4O5S.C20H22N4O4S/c1-11-19(12(2)29-24-11)13-3-4-15(21-14-7-8-30(27,28)10-14)17(9-13)23-20(26)16-5-6-18(25)22-16;1-11-19(12(2)28-23-11)13-3-5-17-16(9-13)22-20(15-4-6-18(25)21-15)24(17)14-7-8-29(26,27)10-14/h3-4,9,14,16,21H,5-8,10H2,1-2H3,(H,22,25)(H,23,26);3,5,9,14-15H,4,6-8,10H2,1-2H3,(H,21,25)/t14-,16-;14-,15-/m00/s1. The molecule has 4 fully saturated rings. The van der Waals surface area contributed by atoms with Crippen molar-refractivity contribution in [3.05, 3.63) is 65.1 Å². The first kappa shape index (κ1) is 40.2. The lowest BCUT2D eigenvalue weighted by Crippen LogP contribution is -2.37. The summed E-state index contributed by atoms with van der Waals surface area (Å²) < 4.78 is 60.5. The van der Waals surface area contributed by atoms with Gasteiger partial charge in [0, 0.05) is 30.0 Å². The van der Waals surface area contributed by atoms with Crippen LogP contribution in [0, 0.1) is 27.7 Å². The summed E-state index contributed by atoms with van der Waals surface area (Å²) in [5, 5.41) is 19.8. The fourth-order valence-electron chi connectivity index (χ4n) is 8.57. The van der Waals surface area contributed by atoms with E-state index in [0.29, 0.717) is 55.7 Å². The van der Waals surface area contributed by atoms with Crippen LogP contribution in [-0.4, -0.2) is 89.5 Å². The summed E-state index contributed by atoms with van der Waals surface area (Å²) in [4.78, 5) is 40.8. The molecule has 0 aliphatic carbocycles. The molecule has 4 saturated heterocycles. The fraction of sp³-hybridized carbons (Fsp3) is 0.450. The second-order valence-corrected chi connectivity index (χ2v) is 20.3. The number of benzene rings is 2. The fourth-order valence-corrected chi connectivity index (χ4v) is 11.9. The summed E-state index contributed by atoms with van der Waals surface area (Å²) in [6, 6.07) is 10.3. The average Bonchev–Trinajstić information content (AvgIpc) is 4.06. The van der Waals surface area contributed by atoms with Gasteiger partial charge in [-0.3, -0.25) is 14.4 Å². The molecule has 0 spiro atoms. The molecule has 5 aromatic rings. The third-order valence-electron chi connectivity index (χ3n) is 11.4. The number of sulfone groups is 2. The Morgan fingerprint density at radius 3 is 1.95 bits per heavy atom. The Morgan fingerprint density at radius 1 is 0.763 bits per heavy atom. The van der Waals surface area contributed by atoms with Crippen molar-refractivity contribution in [1.82, 2.24) is 30.5 Å². The largest absolute Gasteiger partial charge is 0.380 e. The highest BCUT2D eigenvalue weighted by Crippen LogP contribution is 2.37. The van der Waals surface area contributed by atoms with Crippen molar-refractivity contribution in [3.63, 3.8) is 0 Å². The van der Waals surface area contributed by atoms with Crippen LogP contribution >= 0.6 is 0 Å². The molecule has 0 saturated carbocycles. The zero-order chi connectivity index (χ0) is 41.8. The second kappa shape index (κ2) is 15.6. The number of anilines is 2. The number of fused-ring (bicyclic) bond motifs is 1. The van der Waals surface area contributed by atoms with E-state index >= 15 is 0 Å². The third kappa shape index (κ3) is 8.35. The van der Waals surface area contributed by atoms with E-state index in [0.717, 1.165) is 56.3 Å². The monoisotopic (exact) mass is 846 g/mol. The Kier molecular flexibility index (Phi) is 10.6. The van der Waals surface area contributed by atoms with E-state index in [1.165, 1.54) is 0 Å². The molecular weight excluding hydrogens is 801 g/mol. The Hall–Kier alpha value is -5.56. The molecule has 19 heteroatoms. The van der Waals surface area contributed by atoms with Gasteiger partial charge in [-0.2, -0.15) is 0 Å². The number of carbonyl (C=O) groups is 3. The highest BCUT2D eigenvalue weighted by molar-refractivity contribution is 7.91. The molecule has 4 aliphatic heterocycles. The Bertz CT molecular complexity index is 2680. The maximum absolute atomic E-state index is 12.7. The van der Waals surface area contributed by atoms with Gasteiger partial charge < -0.3 is 34.9 Å². The maximum atomic E-state index is 12.7. The zero-order valence-electron chi connectivity index (χ0n) is 33.1. The summed E-state index contributed by atoms with van der Waals surface area (Å²) >= 11 is 0. The number of aryl methyl sites for hydroxylation is 4. The molecule has 2 aromatic carbocycles. The van der Waals surface area contributed by atoms with Crippen molar-refractivity contribution in [1.29, 1.82) is 0 Å². The highest BCUT2D eigenvalue weighted by Gasteiger charge is 2.36. The van der Waals surface area contributed by atoms with Crippen LogP contribution in [0.15, 0.2) is 45.4 Å². The molecule has 3 aromatic heterocycles. The Balaban J connectivity index is 0.000000164. The van der Waals surface area contributed by atoms with Crippen LogP contribution in [0.25, 0.3) is 33.3 Å². The first-order valence-corrected chi connectivity index (χ1v) is 23.3. The number of imidazole rings is 1. The number of nitrogens with one attached hydrogen (secondary N) is 4. The number of nitrogens with zero attached hydrogens (tertiary/aromatic N) is 4. The van der Waals surface area contributed by atoms with E-state index < -0.39 is 25.7 Å². The quantitative estimate of drug-likeness (QED) is 0.170. The van der Waals surface area contributed by atoms with Crippen LogP contribution in [0.2, 0.25) is 0 Å². The van der Waals surface area contributed by atoms with Gasteiger partial charge in [0.1, 0.15) is 23.4 Å². The van der Waals surface area contributed by atoms with E-state index in [9.17, 15) is 31.2 Å². The normalized spacial score (nSPS) is 23.2. The van der Waals surface area contributed by atoms with Gasteiger partial charge in [-0.1, -0.05) is 22.4 Å². The first-order chi connectivity index (χ1) is 28.0. The molecular formula is C40H46N8O9S2. The lowest BCUT2D eigenvalue weighted by Gasteiger charge is -2.19. The van der Waals surface area contributed by atoms with E-state index in [-0.39, 0.29) is 58.9 Å². The lowest BCUT2D eigenvalue weighted by molar-refractivity contribution is -0.122. The van der Waals surface area contributed by atoms with Crippen LogP contribution in [-0.2, 0) is 34.1 Å². The van der Waals surface area contributed by atoms with Gasteiger partial charge in [-0.15, -0.1) is 0 Å². The van der Waals surface area contributed by atoms with Crippen LogP contribution < -0.4 is 21.3 Å². The van der Waals surface area contributed by atoms with Gasteiger partial charge in [0.15, 0.2) is 19.7 Å². The van der Waals surface area contributed by atoms with Crippen molar-refractivity contribution >= 4 is 59.8 Å². The minimum atomic E-state index is -3.05. The average molecular weight is 847 g/mol. The van der Waals surface area contributed by atoms with Gasteiger partial charge in [-0.25, -0.2) is 21.8 Å². The molecule has 4 N–H and O–H groups in total. The van der Waals surface area contributed by atoms with Crippen LogP contribution in [0.1, 0.15) is 79.3 Å². The van der Waals surface area contributed by atoms with Crippen molar-refractivity contribution in [2.24, 2.45) is 0 Å². The third-order valence-corrected chi connectivity index (χ3v) is 14.9. The second-order valence-electron chi connectivity index (χ2n) is 15.8. The van der Waals surface area contributed by atoms with E-state index in [4.69, 9.17) is 14.0 Å². The van der Waals surface area contributed by atoms with Crippen LogP contribution in [0.3, 0.4) is 0 Å². The molecule has 4 aliphatic rings. The predicted molar refractivity (Wildman–Crippen MR) is 219 cm³/mol. The Morgan fingerprint density at radius 2 is 1.39 bits per heavy atom. The van der Waals surface area contributed by atoms with Gasteiger partial charge >= 0.3 is 0 Å². The van der Waals surface area contributed by atoms with Crippen molar-refractivity contribution in [3.8, 4) is 22.3 Å². The summed E-state index contributed by atoms with van der Waals surface area (Å²) in [7, 11) is -6.10. The number of amides is 3. The van der Waals surface area contributed by atoms with Crippen LogP contribution in [0.5, 0.6) is 0 Å². The van der Waals surface area contributed by atoms with E-state index in [1.54, 1.807) is 0 Å². The number of aromatic nitrogens is 4. The van der Waals surface area contributed by atoms with Gasteiger partial charge in [0.05, 0.1) is 68.9 Å². The minimum absolute atomic E-state index is 0.00376. The van der Waals surface area contributed by atoms with Gasteiger partial charge in [0.25, 0.3) is 0 Å². The molecule has 312 valence electrons. The van der Waals surface area contributed by atoms with E-state index in [1.807, 2.05) is 68.7 Å². The molecule has 3 amide bonds. The molecule has 59 heavy (non-hydrogen) atoms.